The molecule has 9 atom stereocenters. The average molecular weight is 999 g/mol. The van der Waals surface area contributed by atoms with E-state index >= 15 is 0 Å². The number of amides is 1. The molecular formula is C59H115NO10. The SMILES string of the molecule is CCCCCCCCCCCCCCCCCCCCCCCCCCCCC/C=C/CCCC(O)C(O)C(COC1OC(CO)C(O)C(O)C1O)NC(=O)C(O)CCCCCCCCCCCCC. The van der Waals surface area contributed by atoms with Crippen molar-refractivity contribution in [3.05, 3.63) is 12.2 Å². The van der Waals surface area contributed by atoms with Crippen molar-refractivity contribution in [1.29, 1.82) is 0 Å². The summed E-state index contributed by atoms with van der Waals surface area (Å²) in [7, 11) is 0. The van der Waals surface area contributed by atoms with Crippen molar-refractivity contribution in [2.24, 2.45) is 0 Å². The third kappa shape index (κ3) is 36.7. The number of aliphatic hydroxyl groups excluding tert-OH is 7. The van der Waals surface area contributed by atoms with Crippen molar-refractivity contribution in [2.45, 2.75) is 345 Å². The number of hydrogen-bond donors (Lipinski definition) is 8. The van der Waals surface area contributed by atoms with Crippen LogP contribution in [0.1, 0.15) is 290 Å². The fraction of sp³-hybridized carbons (Fsp3) is 0.949. The number of carbonyl (C=O) groups excluding carboxylic acids is 1. The van der Waals surface area contributed by atoms with Crippen LogP contribution < -0.4 is 5.32 Å². The van der Waals surface area contributed by atoms with Gasteiger partial charge in [0.05, 0.1) is 25.4 Å². The van der Waals surface area contributed by atoms with Crippen molar-refractivity contribution >= 4 is 5.91 Å². The third-order valence-corrected chi connectivity index (χ3v) is 14.8. The van der Waals surface area contributed by atoms with Crippen LogP contribution >= 0.6 is 0 Å². The van der Waals surface area contributed by atoms with Gasteiger partial charge in [-0.05, 0) is 38.5 Å². The normalized spacial score (nSPS) is 20.3. The number of carbonyl (C=O) groups is 1. The van der Waals surface area contributed by atoms with Crippen molar-refractivity contribution in [3.63, 3.8) is 0 Å². The highest BCUT2D eigenvalue weighted by molar-refractivity contribution is 5.80. The second kappa shape index (κ2) is 48.8. The molecule has 70 heavy (non-hydrogen) atoms. The highest BCUT2D eigenvalue weighted by Gasteiger charge is 2.44. The molecule has 11 nitrogen and oxygen atoms in total. The van der Waals surface area contributed by atoms with E-state index in [4.69, 9.17) is 9.47 Å². The molecule has 1 aliphatic rings. The minimum absolute atomic E-state index is 0.258. The zero-order valence-corrected chi connectivity index (χ0v) is 45.5. The summed E-state index contributed by atoms with van der Waals surface area (Å²) in [5.74, 6) is -0.704. The lowest BCUT2D eigenvalue weighted by molar-refractivity contribution is -0.303. The van der Waals surface area contributed by atoms with Crippen molar-refractivity contribution in [3.8, 4) is 0 Å². The average Bonchev–Trinajstić information content (AvgIpc) is 3.36. The number of allylic oxidation sites excluding steroid dienone is 2. The quantitative estimate of drug-likeness (QED) is 0.0215. The van der Waals surface area contributed by atoms with E-state index in [0.29, 0.717) is 12.8 Å². The summed E-state index contributed by atoms with van der Waals surface area (Å²) in [4.78, 5) is 13.1. The Labute approximate surface area is 430 Å². The lowest BCUT2D eigenvalue weighted by atomic mass is 9.98. The third-order valence-electron chi connectivity index (χ3n) is 14.8. The van der Waals surface area contributed by atoms with Crippen LogP contribution in [0.2, 0.25) is 0 Å². The van der Waals surface area contributed by atoms with Crippen LogP contribution in [0.5, 0.6) is 0 Å². The van der Waals surface area contributed by atoms with E-state index in [1.54, 1.807) is 0 Å². The standard InChI is InChI=1S/C59H115NO10/c1-3-5-7-9-11-13-15-16-17-18-19-20-21-22-23-24-25-26-27-28-29-30-31-32-33-34-35-37-38-40-42-44-46-51(62)54(64)50(49-69-59-57(67)56(66)55(65)53(48-61)70-59)60-58(68)52(63)47-45-43-41-39-36-14-12-10-8-6-4-2/h38,40,50-57,59,61-67H,3-37,39,41-49H2,1-2H3,(H,60,68)/b40-38+. The number of aliphatic hydroxyl groups is 7. The van der Waals surface area contributed by atoms with Gasteiger partial charge in [0.25, 0.3) is 0 Å². The van der Waals surface area contributed by atoms with Gasteiger partial charge in [-0.1, -0.05) is 264 Å². The minimum atomic E-state index is -1.66. The Morgan fingerprint density at radius 2 is 0.843 bits per heavy atom. The molecule has 1 aliphatic heterocycles. The van der Waals surface area contributed by atoms with Gasteiger partial charge < -0.3 is 50.5 Å². The van der Waals surface area contributed by atoms with E-state index in [1.807, 2.05) is 0 Å². The summed E-state index contributed by atoms with van der Waals surface area (Å²) < 4.78 is 11.1. The molecule has 9 unspecified atom stereocenters. The molecule has 1 heterocycles. The van der Waals surface area contributed by atoms with Crippen LogP contribution in [0.15, 0.2) is 12.2 Å². The number of ether oxygens (including phenoxy) is 2. The Kier molecular flexibility index (Phi) is 46.6. The highest BCUT2D eigenvalue weighted by atomic mass is 16.7. The molecule has 8 N–H and O–H groups in total. The summed E-state index contributed by atoms with van der Waals surface area (Å²) in [6.07, 6.45) is 46.0. The molecule has 0 spiro atoms. The van der Waals surface area contributed by atoms with Gasteiger partial charge >= 0.3 is 0 Å². The molecule has 0 aromatic heterocycles. The first-order chi connectivity index (χ1) is 34.2. The first-order valence-electron chi connectivity index (χ1n) is 30.1. The Balaban J connectivity index is 2.19. The summed E-state index contributed by atoms with van der Waals surface area (Å²) in [6.45, 7) is 3.45. The smallest absolute Gasteiger partial charge is 0.249 e. The minimum Gasteiger partial charge on any atom is -0.394 e. The van der Waals surface area contributed by atoms with Crippen molar-refractivity contribution in [2.75, 3.05) is 13.2 Å². The van der Waals surface area contributed by atoms with E-state index in [-0.39, 0.29) is 12.8 Å². The van der Waals surface area contributed by atoms with Gasteiger partial charge in [-0.15, -0.1) is 0 Å². The Morgan fingerprint density at radius 1 is 0.486 bits per heavy atom. The number of unbranched alkanes of at least 4 members (excludes halogenated alkanes) is 38. The molecule has 0 bridgehead atoms. The molecule has 0 aromatic rings. The van der Waals surface area contributed by atoms with Gasteiger partial charge in [-0.3, -0.25) is 4.79 Å². The Bertz CT molecular complexity index is 1140. The molecule has 0 radical (unpaired) electrons. The van der Waals surface area contributed by atoms with Gasteiger partial charge in [0.1, 0.15) is 36.6 Å². The van der Waals surface area contributed by atoms with Gasteiger partial charge in [-0.2, -0.15) is 0 Å². The molecule has 0 aliphatic carbocycles. The predicted molar refractivity (Wildman–Crippen MR) is 289 cm³/mol. The molecule has 0 saturated carbocycles. The monoisotopic (exact) mass is 998 g/mol. The van der Waals surface area contributed by atoms with Gasteiger partial charge in [0.2, 0.25) is 5.91 Å². The molecule has 1 amide bonds. The predicted octanol–water partition coefficient (Wildman–Crippen LogP) is 12.7. The molecule has 11 heteroatoms. The molecule has 1 saturated heterocycles. The molecule has 0 aromatic carbocycles. The zero-order valence-electron chi connectivity index (χ0n) is 45.5. The van der Waals surface area contributed by atoms with Gasteiger partial charge in [-0.25, -0.2) is 0 Å². The van der Waals surface area contributed by atoms with Crippen LogP contribution in [0.4, 0.5) is 0 Å². The number of nitrogens with one attached hydrogen (secondary N) is 1. The maximum atomic E-state index is 13.1. The Hall–Kier alpha value is -1.15. The zero-order chi connectivity index (χ0) is 51.1. The maximum Gasteiger partial charge on any atom is 0.249 e. The van der Waals surface area contributed by atoms with E-state index in [1.165, 1.54) is 212 Å². The lowest BCUT2D eigenvalue weighted by Gasteiger charge is -2.40. The largest absolute Gasteiger partial charge is 0.394 e. The molecule has 1 fully saturated rings. The van der Waals surface area contributed by atoms with Crippen molar-refractivity contribution in [1.82, 2.24) is 5.32 Å². The van der Waals surface area contributed by atoms with Gasteiger partial charge in [0.15, 0.2) is 6.29 Å². The fourth-order valence-corrected chi connectivity index (χ4v) is 9.92. The maximum absolute atomic E-state index is 13.1. The van der Waals surface area contributed by atoms with Crippen LogP contribution in [-0.2, 0) is 14.3 Å². The van der Waals surface area contributed by atoms with Crippen LogP contribution in [0, 0.1) is 0 Å². The summed E-state index contributed by atoms with van der Waals surface area (Å²) in [5.41, 5.74) is 0. The van der Waals surface area contributed by atoms with Crippen LogP contribution in [0.3, 0.4) is 0 Å². The Morgan fingerprint density at radius 3 is 1.23 bits per heavy atom. The second-order valence-corrected chi connectivity index (χ2v) is 21.4. The summed E-state index contributed by atoms with van der Waals surface area (Å²) in [5, 5.41) is 75.9. The number of rotatable bonds is 52. The summed E-state index contributed by atoms with van der Waals surface area (Å²) >= 11 is 0. The van der Waals surface area contributed by atoms with Crippen LogP contribution in [-0.4, -0.2) is 110 Å². The molecule has 416 valence electrons. The van der Waals surface area contributed by atoms with Crippen molar-refractivity contribution < 1.29 is 50.0 Å². The number of hydrogen-bond acceptors (Lipinski definition) is 10. The van der Waals surface area contributed by atoms with E-state index in [0.717, 1.165) is 38.5 Å². The first kappa shape index (κ1) is 66.9. The summed E-state index contributed by atoms with van der Waals surface area (Å²) in [6, 6.07) is -1.18. The molecule has 1 rings (SSSR count). The highest BCUT2D eigenvalue weighted by Crippen LogP contribution is 2.23. The van der Waals surface area contributed by atoms with E-state index in [2.05, 4.69) is 31.3 Å². The molecular weight excluding hydrogens is 883 g/mol. The van der Waals surface area contributed by atoms with Gasteiger partial charge in [0, 0.05) is 0 Å². The lowest BCUT2D eigenvalue weighted by Crippen LogP contribution is -2.60. The first-order valence-corrected chi connectivity index (χ1v) is 30.1. The van der Waals surface area contributed by atoms with E-state index in [9.17, 15) is 40.5 Å². The fourth-order valence-electron chi connectivity index (χ4n) is 9.92. The second-order valence-electron chi connectivity index (χ2n) is 21.4. The topological polar surface area (TPSA) is 189 Å². The van der Waals surface area contributed by atoms with Crippen LogP contribution in [0.25, 0.3) is 0 Å². The van der Waals surface area contributed by atoms with E-state index < -0.39 is 74.2 Å².